The van der Waals surface area contributed by atoms with Gasteiger partial charge in [0.15, 0.2) is 0 Å². The van der Waals surface area contributed by atoms with E-state index in [2.05, 4.69) is 56.3 Å². The van der Waals surface area contributed by atoms with Gasteiger partial charge in [0.05, 0.1) is 11.6 Å². The Morgan fingerprint density at radius 3 is 2.00 bits per heavy atom. The fourth-order valence-electron chi connectivity index (χ4n) is 2.83. The molecule has 0 radical (unpaired) electrons. The summed E-state index contributed by atoms with van der Waals surface area (Å²) < 4.78 is 5.86. The SMILES string of the molecule is CC(C)(c1ccccc1)c1ccc(OCc2ccc(C#N)cc2)cc1. The molecule has 3 rings (SSSR count). The first-order chi connectivity index (χ1) is 12.1. The number of benzene rings is 3. The van der Waals surface area contributed by atoms with Crippen LogP contribution in [0.3, 0.4) is 0 Å². The molecule has 0 fully saturated rings. The van der Waals surface area contributed by atoms with Gasteiger partial charge >= 0.3 is 0 Å². The molecule has 0 saturated heterocycles. The summed E-state index contributed by atoms with van der Waals surface area (Å²) in [6.45, 7) is 4.96. The predicted octanol–water partition coefficient (Wildman–Crippen LogP) is 5.46. The van der Waals surface area contributed by atoms with Gasteiger partial charge in [0.2, 0.25) is 0 Å². The zero-order chi connectivity index (χ0) is 17.7. The smallest absolute Gasteiger partial charge is 0.119 e. The van der Waals surface area contributed by atoms with Crippen LogP contribution >= 0.6 is 0 Å². The molecule has 25 heavy (non-hydrogen) atoms. The van der Waals surface area contributed by atoms with Gasteiger partial charge in [-0.2, -0.15) is 5.26 Å². The van der Waals surface area contributed by atoms with Crippen molar-refractivity contribution in [2.24, 2.45) is 0 Å². The molecule has 0 aliphatic carbocycles. The lowest BCUT2D eigenvalue weighted by Crippen LogP contribution is -2.18. The number of hydrogen-bond acceptors (Lipinski definition) is 2. The number of rotatable bonds is 5. The van der Waals surface area contributed by atoms with Crippen LogP contribution in [0.25, 0.3) is 0 Å². The molecule has 0 saturated carbocycles. The maximum atomic E-state index is 8.83. The molecule has 3 aromatic rings. The quantitative estimate of drug-likeness (QED) is 0.623. The fourth-order valence-corrected chi connectivity index (χ4v) is 2.83. The van der Waals surface area contributed by atoms with Crippen LogP contribution in [-0.4, -0.2) is 0 Å². The van der Waals surface area contributed by atoms with Gasteiger partial charge in [0.25, 0.3) is 0 Å². The van der Waals surface area contributed by atoms with Crippen LogP contribution < -0.4 is 4.74 Å². The standard InChI is InChI=1S/C23H21NO/c1-23(2,20-6-4-3-5-7-20)21-12-14-22(15-13-21)25-17-19-10-8-18(16-24)9-11-19/h3-15H,17H2,1-2H3. The summed E-state index contributed by atoms with van der Waals surface area (Å²) in [6, 6.07) is 28.4. The van der Waals surface area contributed by atoms with Gasteiger partial charge < -0.3 is 4.74 Å². The Kier molecular flexibility index (Phi) is 4.86. The molecule has 0 spiro atoms. The molecule has 2 heteroatoms. The van der Waals surface area contributed by atoms with Crippen molar-refractivity contribution in [1.29, 1.82) is 5.26 Å². The average molecular weight is 327 g/mol. The van der Waals surface area contributed by atoms with Crippen molar-refractivity contribution in [1.82, 2.24) is 0 Å². The van der Waals surface area contributed by atoms with Gasteiger partial charge in [-0.25, -0.2) is 0 Å². The van der Waals surface area contributed by atoms with Gasteiger partial charge in [-0.15, -0.1) is 0 Å². The molecule has 0 amide bonds. The summed E-state index contributed by atoms with van der Waals surface area (Å²) in [5.74, 6) is 0.844. The van der Waals surface area contributed by atoms with Crippen LogP contribution in [0.4, 0.5) is 0 Å². The Hall–Kier alpha value is -3.05. The number of hydrogen-bond donors (Lipinski definition) is 0. The first-order valence-corrected chi connectivity index (χ1v) is 8.37. The van der Waals surface area contributed by atoms with E-state index in [4.69, 9.17) is 10.00 Å². The molecular weight excluding hydrogens is 306 g/mol. The van der Waals surface area contributed by atoms with Crippen molar-refractivity contribution < 1.29 is 4.74 Å². The normalized spacial score (nSPS) is 10.9. The van der Waals surface area contributed by atoms with E-state index in [1.807, 2.05) is 42.5 Å². The lowest BCUT2D eigenvalue weighted by atomic mass is 9.78. The van der Waals surface area contributed by atoms with E-state index in [1.165, 1.54) is 11.1 Å². The highest BCUT2D eigenvalue weighted by Crippen LogP contribution is 2.32. The zero-order valence-corrected chi connectivity index (χ0v) is 14.6. The van der Waals surface area contributed by atoms with Crippen molar-refractivity contribution in [2.75, 3.05) is 0 Å². The third kappa shape index (κ3) is 3.89. The number of nitriles is 1. The minimum atomic E-state index is -0.0487. The van der Waals surface area contributed by atoms with E-state index < -0.39 is 0 Å². The van der Waals surface area contributed by atoms with E-state index in [-0.39, 0.29) is 5.41 Å². The Bertz CT molecular complexity index is 857. The molecule has 0 aliphatic heterocycles. The summed E-state index contributed by atoms with van der Waals surface area (Å²) >= 11 is 0. The number of nitrogens with zero attached hydrogens (tertiary/aromatic N) is 1. The molecule has 0 atom stereocenters. The van der Waals surface area contributed by atoms with E-state index in [9.17, 15) is 0 Å². The Balaban J connectivity index is 1.68. The Labute approximate surface area is 149 Å². The van der Waals surface area contributed by atoms with Gasteiger partial charge in [0, 0.05) is 5.41 Å². The summed E-state index contributed by atoms with van der Waals surface area (Å²) in [5.41, 5.74) is 4.21. The Morgan fingerprint density at radius 2 is 1.40 bits per heavy atom. The van der Waals surface area contributed by atoms with Crippen molar-refractivity contribution in [3.63, 3.8) is 0 Å². The van der Waals surface area contributed by atoms with Crippen molar-refractivity contribution in [3.05, 3.63) is 101 Å². The molecule has 0 aliphatic rings. The predicted molar refractivity (Wildman–Crippen MR) is 101 cm³/mol. The second-order valence-corrected chi connectivity index (χ2v) is 6.61. The molecule has 0 aromatic heterocycles. The maximum Gasteiger partial charge on any atom is 0.119 e. The second kappa shape index (κ2) is 7.23. The maximum absolute atomic E-state index is 8.83. The van der Waals surface area contributed by atoms with Crippen molar-refractivity contribution in [2.45, 2.75) is 25.9 Å². The minimum Gasteiger partial charge on any atom is -0.489 e. The molecule has 0 unspecified atom stereocenters. The monoisotopic (exact) mass is 327 g/mol. The second-order valence-electron chi connectivity index (χ2n) is 6.61. The van der Waals surface area contributed by atoms with Gasteiger partial charge in [-0.05, 0) is 41.0 Å². The summed E-state index contributed by atoms with van der Waals surface area (Å²) in [5, 5.41) is 8.83. The van der Waals surface area contributed by atoms with Crippen LogP contribution in [0, 0.1) is 11.3 Å². The van der Waals surface area contributed by atoms with Crippen LogP contribution in [0.5, 0.6) is 5.75 Å². The van der Waals surface area contributed by atoms with Gasteiger partial charge in [-0.1, -0.05) is 68.4 Å². The molecular formula is C23H21NO. The molecule has 3 aromatic carbocycles. The highest BCUT2D eigenvalue weighted by molar-refractivity contribution is 5.40. The molecule has 0 bridgehead atoms. The minimum absolute atomic E-state index is 0.0487. The largest absolute Gasteiger partial charge is 0.489 e. The van der Waals surface area contributed by atoms with Crippen LogP contribution in [-0.2, 0) is 12.0 Å². The van der Waals surface area contributed by atoms with E-state index in [1.54, 1.807) is 0 Å². The fraction of sp³-hybridized carbons (Fsp3) is 0.174. The van der Waals surface area contributed by atoms with Crippen molar-refractivity contribution >= 4 is 0 Å². The van der Waals surface area contributed by atoms with E-state index >= 15 is 0 Å². The lowest BCUT2D eigenvalue weighted by molar-refractivity contribution is 0.306. The summed E-state index contributed by atoms with van der Waals surface area (Å²) in [4.78, 5) is 0. The lowest BCUT2D eigenvalue weighted by Gasteiger charge is -2.26. The first kappa shape index (κ1) is 16.8. The van der Waals surface area contributed by atoms with E-state index in [0.29, 0.717) is 12.2 Å². The van der Waals surface area contributed by atoms with Crippen LogP contribution in [0.15, 0.2) is 78.9 Å². The molecule has 2 nitrogen and oxygen atoms in total. The third-order valence-corrected chi connectivity index (χ3v) is 4.56. The zero-order valence-electron chi connectivity index (χ0n) is 14.6. The topological polar surface area (TPSA) is 33.0 Å². The van der Waals surface area contributed by atoms with Crippen LogP contribution in [0.1, 0.15) is 36.1 Å². The van der Waals surface area contributed by atoms with Crippen molar-refractivity contribution in [3.8, 4) is 11.8 Å². The van der Waals surface area contributed by atoms with E-state index in [0.717, 1.165) is 11.3 Å². The first-order valence-electron chi connectivity index (χ1n) is 8.37. The summed E-state index contributed by atoms with van der Waals surface area (Å²) in [7, 11) is 0. The van der Waals surface area contributed by atoms with Gasteiger partial charge in [0.1, 0.15) is 12.4 Å². The molecule has 0 N–H and O–H groups in total. The average Bonchev–Trinajstić information content (AvgIpc) is 2.68. The Morgan fingerprint density at radius 1 is 0.800 bits per heavy atom. The summed E-state index contributed by atoms with van der Waals surface area (Å²) in [6.07, 6.45) is 0. The highest BCUT2D eigenvalue weighted by atomic mass is 16.5. The molecule has 124 valence electrons. The highest BCUT2D eigenvalue weighted by Gasteiger charge is 2.22. The van der Waals surface area contributed by atoms with Crippen LogP contribution in [0.2, 0.25) is 0 Å². The number of ether oxygens (including phenoxy) is 1. The third-order valence-electron chi connectivity index (χ3n) is 4.56. The molecule has 0 heterocycles. The van der Waals surface area contributed by atoms with Gasteiger partial charge in [-0.3, -0.25) is 0 Å².